The van der Waals surface area contributed by atoms with Crippen LogP contribution in [0.15, 0.2) is 18.3 Å². The van der Waals surface area contributed by atoms with Gasteiger partial charge in [-0.3, -0.25) is 9.59 Å². The molecule has 0 spiro atoms. The molecule has 2 heterocycles. The summed E-state index contributed by atoms with van der Waals surface area (Å²) in [6.45, 7) is 8.75. The Morgan fingerprint density at radius 3 is 2.78 bits per heavy atom. The van der Waals surface area contributed by atoms with E-state index < -0.39 is 6.04 Å². The van der Waals surface area contributed by atoms with Gasteiger partial charge in [0.05, 0.1) is 11.8 Å². The first-order valence-electron chi connectivity index (χ1n) is 13.2. The van der Waals surface area contributed by atoms with Gasteiger partial charge in [-0.2, -0.15) is 4.98 Å². The maximum atomic E-state index is 12.4. The van der Waals surface area contributed by atoms with Crippen LogP contribution in [0.3, 0.4) is 0 Å². The minimum Gasteiger partial charge on any atom is -0.369 e. The minimum absolute atomic E-state index is 0.180. The zero-order chi connectivity index (χ0) is 27.0. The third-order valence-electron chi connectivity index (χ3n) is 6.08. The van der Waals surface area contributed by atoms with Gasteiger partial charge in [-0.25, -0.2) is 4.98 Å². The third kappa shape index (κ3) is 11.2. The van der Waals surface area contributed by atoms with Crippen LogP contribution in [0.4, 0.5) is 11.8 Å². The van der Waals surface area contributed by atoms with Gasteiger partial charge in [0.25, 0.3) is 0 Å². The van der Waals surface area contributed by atoms with Gasteiger partial charge in [-0.05, 0) is 59.3 Å². The van der Waals surface area contributed by atoms with Crippen molar-refractivity contribution in [1.29, 1.82) is 0 Å². The molecule has 0 saturated carbocycles. The number of nitrogens with zero attached hydrogens (tertiary/aromatic N) is 4. The Morgan fingerprint density at radius 2 is 2.08 bits per heavy atom. The molecule has 2 rings (SSSR count). The van der Waals surface area contributed by atoms with E-state index in [0.29, 0.717) is 37.8 Å². The van der Waals surface area contributed by atoms with Crippen molar-refractivity contribution >= 4 is 23.6 Å². The van der Waals surface area contributed by atoms with Gasteiger partial charge in [-0.1, -0.05) is 24.8 Å². The number of nitrogens with one attached hydrogen (secondary N) is 4. The summed E-state index contributed by atoms with van der Waals surface area (Å²) >= 11 is 0. The Kier molecular flexibility index (Phi) is 13.5. The Morgan fingerprint density at radius 1 is 1.27 bits per heavy atom. The number of carbonyl (C=O) groups is 2. The summed E-state index contributed by atoms with van der Waals surface area (Å²) < 4.78 is 0. The lowest BCUT2D eigenvalue weighted by Gasteiger charge is -2.23. The molecule has 1 aliphatic heterocycles. The van der Waals surface area contributed by atoms with Gasteiger partial charge < -0.3 is 31.1 Å². The maximum absolute atomic E-state index is 12.4. The van der Waals surface area contributed by atoms with E-state index in [2.05, 4.69) is 50.0 Å². The van der Waals surface area contributed by atoms with Gasteiger partial charge in [0.1, 0.15) is 11.9 Å². The topological polar surface area (TPSA) is 115 Å². The molecule has 0 aliphatic carbocycles. The summed E-state index contributed by atoms with van der Waals surface area (Å²) in [5.74, 6) is 7.92. The van der Waals surface area contributed by atoms with Crippen LogP contribution in [-0.2, 0) is 9.59 Å². The van der Waals surface area contributed by atoms with E-state index in [0.717, 1.165) is 44.0 Å². The number of carbonyl (C=O) groups excluding carboxylic acids is 2. The van der Waals surface area contributed by atoms with Crippen LogP contribution in [0, 0.1) is 17.8 Å². The predicted octanol–water partition coefficient (Wildman–Crippen LogP) is 1.53. The zero-order valence-corrected chi connectivity index (χ0v) is 23.1. The van der Waals surface area contributed by atoms with Gasteiger partial charge in [0.15, 0.2) is 0 Å². The summed E-state index contributed by atoms with van der Waals surface area (Å²) in [5, 5.41) is 13.0. The first kappa shape index (κ1) is 30.1. The number of aromatic nitrogens is 2. The number of amides is 2. The van der Waals surface area contributed by atoms with Crippen LogP contribution in [0.5, 0.6) is 0 Å². The van der Waals surface area contributed by atoms with E-state index in [1.54, 1.807) is 26.2 Å². The Balaban J connectivity index is 1.80. The van der Waals surface area contributed by atoms with Crippen LogP contribution in [0.25, 0.3) is 0 Å². The standard InChI is InChI=1S/C27H44N8O2/c1-6-14-29-25-23(20-32-27(33-25)31-19-22-13-16-28-18-22)11-8-7-9-15-30-26(37)21(2)35(5)24(36)12-10-17-34(3)4/h10,12,20-22,28H,6-7,9,13-19H2,1-5H3,(H,30,37)(H2,29,31,32,33)/t21-,22?/m0/s1. The maximum Gasteiger partial charge on any atom is 0.246 e. The van der Waals surface area contributed by atoms with Crippen LogP contribution in [-0.4, -0.2) is 98.0 Å². The number of hydrogen-bond acceptors (Lipinski definition) is 8. The predicted molar refractivity (Wildman–Crippen MR) is 149 cm³/mol. The highest BCUT2D eigenvalue weighted by atomic mass is 16.2. The average Bonchev–Trinajstić information content (AvgIpc) is 3.41. The third-order valence-corrected chi connectivity index (χ3v) is 6.08. The van der Waals surface area contributed by atoms with Crippen LogP contribution >= 0.6 is 0 Å². The van der Waals surface area contributed by atoms with Crippen molar-refractivity contribution in [3.05, 3.63) is 23.9 Å². The van der Waals surface area contributed by atoms with E-state index in [1.165, 1.54) is 17.4 Å². The molecule has 0 radical (unpaired) electrons. The molecule has 0 aromatic carbocycles. The fourth-order valence-corrected chi connectivity index (χ4v) is 3.60. The largest absolute Gasteiger partial charge is 0.369 e. The van der Waals surface area contributed by atoms with Crippen molar-refractivity contribution in [2.24, 2.45) is 5.92 Å². The highest BCUT2D eigenvalue weighted by Crippen LogP contribution is 2.14. The molecule has 204 valence electrons. The average molecular weight is 513 g/mol. The number of rotatable bonds is 14. The second-order valence-corrected chi connectivity index (χ2v) is 9.61. The van der Waals surface area contributed by atoms with E-state index in [1.807, 2.05) is 19.0 Å². The van der Waals surface area contributed by atoms with Crippen molar-refractivity contribution in [1.82, 2.24) is 30.4 Å². The SMILES string of the molecule is CCCNc1nc(NCC2CCNC2)ncc1C#CCCCNC(=O)[C@H](C)N(C)C(=O)C=CCN(C)C. The molecule has 1 aromatic rings. The van der Waals surface area contributed by atoms with Crippen molar-refractivity contribution in [2.75, 3.05) is 71.0 Å². The molecule has 4 N–H and O–H groups in total. The molecular formula is C27H44N8O2. The van der Waals surface area contributed by atoms with Crippen molar-refractivity contribution in [2.45, 2.75) is 45.6 Å². The van der Waals surface area contributed by atoms with E-state index in [-0.39, 0.29) is 11.8 Å². The molecule has 1 aliphatic rings. The van der Waals surface area contributed by atoms with E-state index >= 15 is 0 Å². The fraction of sp³-hybridized carbons (Fsp3) is 0.630. The molecule has 1 aromatic heterocycles. The van der Waals surface area contributed by atoms with Gasteiger partial charge in [-0.15, -0.1) is 0 Å². The highest BCUT2D eigenvalue weighted by Gasteiger charge is 2.20. The molecule has 2 atom stereocenters. The Bertz CT molecular complexity index is 947. The summed E-state index contributed by atoms with van der Waals surface area (Å²) in [4.78, 5) is 37.1. The summed E-state index contributed by atoms with van der Waals surface area (Å²) in [7, 11) is 5.50. The molecule has 1 fully saturated rings. The molecule has 1 unspecified atom stereocenters. The number of anilines is 2. The first-order chi connectivity index (χ1) is 17.8. The molecule has 10 nitrogen and oxygen atoms in total. The summed E-state index contributed by atoms with van der Waals surface area (Å²) in [5.41, 5.74) is 0.765. The summed E-state index contributed by atoms with van der Waals surface area (Å²) in [6.07, 6.45) is 8.53. The molecular weight excluding hydrogens is 468 g/mol. The van der Waals surface area contributed by atoms with Crippen LogP contribution < -0.4 is 21.3 Å². The quantitative estimate of drug-likeness (QED) is 0.169. The van der Waals surface area contributed by atoms with Crippen molar-refractivity contribution in [3.63, 3.8) is 0 Å². The second-order valence-electron chi connectivity index (χ2n) is 9.61. The van der Waals surface area contributed by atoms with Gasteiger partial charge in [0.2, 0.25) is 17.8 Å². The lowest BCUT2D eigenvalue weighted by Crippen LogP contribution is -2.45. The van der Waals surface area contributed by atoms with Crippen molar-refractivity contribution in [3.8, 4) is 11.8 Å². The van der Waals surface area contributed by atoms with E-state index in [4.69, 9.17) is 0 Å². The minimum atomic E-state index is -0.552. The Labute approximate surface area is 222 Å². The molecule has 2 amide bonds. The number of unbranched alkanes of at least 4 members (excludes halogenated alkanes) is 1. The molecule has 0 bridgehead atoms. The highest BCUT2D eigenvalue weighted by molar-refractivity contribution is 5.92. The Hall–Kier alpha value is -3.16. The second kappa shape index (κ2) is 16.6. The zero-order valence-electron chi connectivity index (χ0n) is 23.1. The number of likely N-dealkylation sites (N-methyl/N-ethyl adjacent to an activating group) is 2. The summed E-state index contributed by atoms with van der Waals surface area (Å²) in [6, 6.07) is -0.552. The molecule has 10 heteroatoms. The van der Waals surface area contributed by atoms with E-state index in [9.17, 15) is 9.59 Å². The monoisotopic (exact) mass is 512 g/mol. The normalized spacial score (nSPS) is 15.8. The molecule has 1 saturated heterocycles. The molecule has 37 heavy (non-hydrogen) atoms. The lowest BCUT2D eigenvalue weighted by atomic mass is 10.1. The number of hydrogen-bond donors (Lipinski definition) is 4. The fourth-order valence-electron chi connectivity index (χ4n) is 3.60. The smallest absolute Gasteiger partial charge is 0.246 e. The van der Waals surface area contributed by atoms with Gasteiger partial charge >= 0.3 is 0 Å². The van der Waals surface area contributed by atoms with Gasteiger partial charge in [0, 0.05) is 45.7 Å². The first-order valence-corrected chi connectivity index (χ1v) is 13.2. The van der Waals surface area contributed by atoms with Crippen LogP contribution in [0.2, 0.25) is 0 Å². The van der Waals surface area contributed by atoms with Crippen molar-refractivity contribution < 1.29 is 9.59 Å². The van der Waals surface area contributed by atoms with Crippen LogP contribution in [0.1, 0.15) is 45.1 Å². The lowest BCUT2D eigenvalue weighted by molar-refractivity contribution is -0.135.